The first-order valence-corrected chi connectivity index (χ1v) is 19.2. The molecule has 2 aliphatic heterocycles. The zero-order chi connectivity index (χ0) is 35.8. The third kappa shape index (κ3) is 5.35. The lowest BCUT2D eigenvalue weighted by Gasteiger charge is -2.29. The summed E-state index contributed by atoms with van der Waals surface area (Å²) in [6.45, 7) is 11.5. The van der Waals surface area contributed by atoms with E-state index in [0.717, 1.165) is 85.8 Å². The van der Waals surface area contributed by atoms with E-state index >= 15 is 0 Å². The number of aromatic amines is 2. The van der Waals surface area contributed by atoms with Crippen molar-refractivity contribution in [3.05, 3.63) is 70.6 Å². The minimum atomic E-state index is -0.528. The van der Waals surface area contributed by atoms with Crippen LogP contribution in [0.15, 0.2) is 36.4 Å². The van der Waals surface area contributed by atoms with Crippen molar-refractivity contribution in [3.63, 3.8) is 0 Å². The second-order valence-corrected chi connectivity index (χ2v) is 18.0. The standard InChI is InChI=1S/C42H48N6O4/c1-41(2,3)51-39(49)47-31-17-25(31)19-33(47)37-43-29-13-9-23-15-21(7-11-27(23)35(29)45-37)22-8-12-28-24(16-22)10-14-30-36(28)46-38(44-30)34-20-26-18-32(26)48(34)40(50)52-42(4,5)6/h7-8,11-12,15-16,25-26,31-34H,9-10,13-14,17-20H2,1-6H3,(H,43,45)(H,44,46)/t25-,26?,31-,32?,33+,34+/m1/s1. The second-order valence-electron chi connectivity index (χ2n) is 18.0. The normalized spacial score (nSPS) is 26.5. The number of fused-ring (bicyclic) bond motifs is 8. The highest BCUT2D eigenvalue weighted by Crippen LogP contribution is 2.55. The highest BCUT2D eigenvalue weighted by Gasteiger charge is 2.57. The molecule has 2 aromatic carbocycles. The topological polar surface area (TPSA) is 116 Å². The average molecular weight is 701 g/mol. The van der Waals surface area contributed by atoms with Crippen LogP contribution in [0.25, 0.3) is 33.6 Å². The quantitative estimate of drug-likeness (QED) is 0.222. The number of H-pyrrole nitrogens is 2. The first-order valence-electron chi connectivity index (χ1n) is 19.2. The molecule has 10 heteroatoms. The van der Waals surface area contributed by atoms with Crippen molar-refractivity contribution in [1.82, 2.24) is 29.7 Å². The van der Waals surface area contributed by atoms with Crippen LogP contribution in [0, 0.1) is 11.8 Å². The molecule has 2 unspecified atom stereocenters. The number of carbonyl (C=O) groups excluding carboxylic acids is 2. The zero-order valence-electron chi connectivity index (χ0n) is 31.0. The van der Waals surface area contributed by atoms with Gasteiger partial charge in [-0.15, -0.1) is 0 Å². The van der Waals surface area contributed by atoms with Gasteiger partial charge in [0.25, 0.3) is 0 Å². The molecular weight excluding hydrogens is 653 g/mol. The molecule has 4 aliphatic carbocycles. The number of aryl methyl sites for hydroxylation is 4. The molecule has 270 valence electrons. The summed E-state index contributed by atoms with van der Waals surface area (Å²) < 4.78 is 11.6. The van der Waals surface area contributed by atoms with Gasteiger partial charge in [0.15, 0.2) is 0 Å². The highest BCUT2D eigenvalue weighted by atomic mass is 16.6. The molecule has 2 amide bonds. The number of nitrogens with zero attached hydrogens (tertiary/aromatic N) is 4. The van der Waals surface area contributed by atoms with Gasteiger partial charge in [-0.3, -0.25) is 9.80 Å². The SMILES string of the molecule is CC(C)(C)OC(=O)N1C2CC2C[C@H]1c1nc2c([nH]1)CCc1cc(-c3ccc4c(c3)CCc3[nH]c([C@@H]5C[C@H]6C[C@H]6N5C(=O)OC(C)(C)C)nc3-4)ccc1-2. The Morgan fingerprint density at radius 2 is 1.06 bits per heavy atom. The summed E-state index contributed by atoms with van der Waals surface area (Å²) in [5.41, 5.74) is 10.7. The Morgan fingerprint density at radius 1 is 0.635 bits per heavy atom. The fourth-order valence-electron chi connectivity index (χ4n) is 9.48. The van der Waals surface area contributed by atoms with Crippen LogP contribution in [0.5, 0.6) is 0 Å². The van der Waals surface area contributed by atoms with Crippen LogP contribution in [0.3, 0.4) is 0 Å². The molecule has 2 aromatic heterocycles. The lowest BCUT2D eigenvalue weighted by atomic mass is 9.87. The van der Waals surface area contributed by atoms with Crippen molar-refractivity contribution in [3.8, 4) is 33.6 Å². The van der Waals surface area contributed by atoms with Crippen LogP contribution in [0.4, 0.5) is 9.59 Å². The predicted molar refractivity (Wildman–Crippen MR) is 197 cm³/mol. The smallest absolute Gasteiger partial charge is 0.411 e. The number of imidazole rings is 2. The van der Waals surface area contributed by atoms with E-state index in [9.17, 15) is 9.59 Å². The number of ether oxygens (including phenoxy) is 2. The Kier molecular flexibility index (Phi) is 6.76. The Labute approximate surface area is 304 Å². The van der Waals surface area contributed by atoms with Crippen molar-refractivity contribution in [1.29, 1.82) is 0 Å². The van der Waals surface area contributed by atoms with Gasteiger partial charge in [0.05, 0.1) is 23.5 Å². The summed E-state index contributed by atoms with van der Waals surface area (Å²) in [7, 11) is 0. The number of amides is 2. The van der Waals surface area contributed by atoms with Crippen molar-refractivity contribution < 1.29 is 19.1 Å². The third-order valence-electron chi connectivity index (χ3n) is 12.0. The van der Waals surface area contributed by atoms with Crippen molar-refractivity contribution in [2.24, 2.45) is 11.8 Å². The number of aromatic nitrogens is 4. The third-order valence-corrected chi connectivity index (χ3v) is 12.0. The van der Waals surface area contributed by atoms with E-state index < -0.39 is 11.2 Å². The Bertz CT molecular complexity index is 2000. The molecule has 6 aliphatic rings. The molecule has 4 aromatic rings. The van der Waals surface area contributed by atoms with Gasteiger partial charge in [-0.25, -0.2) is 19.6 Å². The largest absolute Gasteiger partial charge is 0.444 e. The molecule has 0 spiro atoms. The summed E-state index contributed by atoms with van der Waals surface area (Å²) in [5, 5.41) is 0. The van der Waals surface area contributed by atoms with Gasteiger partial charge in [0, 0.05) is 34.6 Å². The predicted octanol–water partition coefficient (Wildman–Crippen LogP) is 8.47. The average Bonchev–Trinajstić information content (AvgIpc) is 3.72. The van der Waals surface area contributed by atoms with E-state index in [4.69, 9.17) is 19.4 Å². The molecule has 2 saturated carbocycles. The number of rotatable bonds is 3. The van der Waals surface area contributed by atoms with Crippen molar-refractivity contribution >= 4 is 12.2 Å². The Balaban J connectivity index is 0.894. The van der Waals surface area contributed by atoms with Gasteiger partial charge >= 0.3 is 12.2 Å². The Hall–Kier alpha value is -4.60. The Morgan fingerprint density at radius 3 is 1.46 bits per heavy atom. The molecule has 2 saturated heterocycles. The molecule has 2 N–H and O–H groups in total. The molecule has 52 heavy (non-hydrogen) atoms. The monoisotopic (exact) mass is 700 g/mol. The molecule has 6 atom stereocenters. The first-order chi connectivity index (χ1) is 24.8. The van der Waals surface area contributed by atoms with E-state index in [1.54, 1.807) is 0 Å². The second kappa shape index (κ2) is 11.0. The molecule has 0 radical (unpaired) electrons. The van der Waals surface area contributed by atoms with E-state index in [1.807, 2.05) is 51.3 Å². The molecule has 4 fully saturated rings. The minimum Gasteiger partial charge on any atom is -0.444 e. The maximum atomic E-state index is 13.2. The van der Waals surface area contributed by atoms with Gasteiger partial charge < -0.3 is 19.4 Å². The van der Waals surface area contributed by atoms with Crippen LogP contribution in [-0.4, -0.2) is 65.2 Å². The molecule has 10 nitrogen and oxygen atoms in total. The number of carbonyl (C=O) groups is 2. The number of benzene rings is 2. The van der Waals surface area contributed by atoms with Crippen LogP contribution in [0.1, 0.15) is 113 Å². The summed E-state index contributed by atoms with van der Waals surface area (Å²) in [6.07, 6.45) is 7.21. The fourth-order valence-corrected chi connectivity index (χ4v) is 9.48. The first kappa shape index (κ1) is 32.1. The highest BCUT2D eigenvalue weighted by molar-refractivity contribution is 5.79. The molecule has 10 rings (SSSR count). The van der Waals surface area contributed by atoms with Gasteiger partial charge in [0.1, 0.15) is 22.9 Å². The van der Waals surface area contributed by atoms with Gasteiger partial charge in [-0.05, 0) is 127 Å². The molecular formula is C42H48N6O4. The summed E-state index contributed by atoms with van der Waals surface area (Å²) >= 11 is 0. The maximum absolute atomic E-state index is 13.2. The summed E-state index contributed by atoms with van der Waals surface area (Å²) in [4.78, 5) is 47.9. The van der Waals surface area contributed by atoms with Crippen molar-refractivity contribution in [2.75, 3.05) is 0 Å². The number of likely N-dealkylation sites (tertiary alicyclic amines) is 2. The lowest BCUT2D eigenvalue weighted by molar-refractivity contribution is 0.0164. The van der Waals surface area contributed by atoms with E-state index in [-0.39, 0.29) is 36.4 Å². The lowest BCUT2D eigenvalue weighted by Crippen LogP contribution is -2.38. The van der Waals surface area contributed by atoms with Crippen molar-refractivity contribution in [2.45, 2.75) is 128 Å². The summed E-state index contributed by atoms with van der Waals surface area (Å²) in [6, 6.07) is 14.0. The number of nitrogens with one attached hydrogen (secondary N) is 2. The number of piperidine rings is 2. The van der Waals surface area contributed by atoms with E-state index in [1.165, 1.54) is 33.4 Å². The van der Waals surface area contributed by atoms with Crippen LogP contribution in [0.2, 0.25) is 0 Å². The van der Waals surface area contributed by atoms with E-state index in [2.05, 4.69) is 46.4 Å². The molecule has 0 bridgehead atoms. The van der Waals surface area contributed by atoms with Gasteiger partial charge in [-0.1, -0.05) is 36.4 Å². The summed E-state index contributed by atoms with van der Waals surface area (Å²) in [5.74, 6) is 2.86. The van der Waals surface area contributed by atoms with Gasteiger partial charge in [0.2, 0.25) is 0 Å². The minimum absolute atomic E-state index is 0.0683. The van der Waals surface area contributed by atoms with Gasteiger partial charge in [-0.2, -0.15) is 0 Å². The van der Waals surface area contributed by atoms with Crippen LogP contribution in [-0.2, 0) is 35.2 Å². The fraction of sp³-hybridized carbons (Fsp3) is 0.524. The maximum Gasteiger partial charge on any atom is 0.411 e. The number of hydrogen-bond donors (Lipinski definition) is 2. The van der Waals surface area contributed by atoms with E-state index in [0.29, 0.717) is 11.8 Å². The number of hydrogen-bond acceptors (Lipinski definition) is 6. The van der Waals surface area contributed by atoms with Crippen LogP contribution < -0.4 is 0 Å². The zero-order valence-corrected chi connectivity index (χ0v) is 31.0. The van der Waals surface area contributed by atoms with Crippen LogP contribution >= 0.6 is 0 Å². The molecule has 4 heterocycles.